The molecule has 6 heteroatoms. The van der Waals surface area contributed by atoms with E-state index in [2.05, 4.69) is 56.3 Å². The van der Waals surface area contributed by atoms with E-state index in [1.807, 2.05) is 46.1 Å². The molecule has 0 aliphatic rings. The first-order valence-corrected chi connectivity index (χ1v) is 10.4. The molecule has 3 aromatic rings. The SMILES string of the molecule is CCOC(=O)c1c(C)n(-c2ccc(I)cc2)c2ccc(OCCN(C)C)cc12. The molecule has 28 heavy (non-hydrogen) atoms. The molecule has 0 aliphatic carbocycles. The van der Waals surface area contributed by atoms with E-state index in [1.54, 1.807) is 0 Å². The van der Waals surface area contributed by atoms with Gasteiger partial charge in [0.15, 0.2) is 0 Å². The minimum absolute atomic E-state index is 0.306. The average molecular weight is 492 g/mol. The van der Waals surface area contributed by atoms with Crippen LogP contribution in [0, 0.1) is 10.5 Å². The van der Waals surface area contributed by atoms with Crippen molar-refractivity contribution in [1.82, 2.24) is 9.47 Å². The summed E-state index contributed by atoms with van der Waals surface area (Å²) in [7, 11) is 4.02. The lowest BCUT2D eigenvalue weighted by molar-refractivity contribution is 0.0527. The number of benzene rings is 2. The number of rotatable bonds is 7. The molecule has 1 aromatic heterocycles. The second-order valence-electron chi connectivity index (χ2n) is 6.82. The van der Waals surface area contributed by atoms with Gasteiger partial charge in [-0.2, -0.15) is 0 Å². The molecule has 1 heterocycles. The number of nitrogens with zero attached hydrogens (tertiary/aromatic N) is 2. The highest BCUT2D eigenvalue weighted by atomic mass is 127. The predicted molar refractivity (Wildman–Crippen MR) is 121 cm³/mol. The van der Waals surface area contributed by atoms with Crippen molar-refractivity contribution in [1.29, 1.82) is 0 Å². The average Bonchev–Trinajstić information content (AvgIpc) is 2.93. The molecule has 0 radical (unpaired) electrons. The highest BCUT2D eigenvalue weighted by Crippen LogP contribution is 2.32. The van der Waals surface area contributed by atoms with E-state index in [1.165, 1.54) is 0 Å². The summed E-state index contributed by atoms with van der Waals surface area (Å²) in [5.41, 5.74) is 3.43. The molecule has 0 fully saturated rings. The Morgan fingerprint density at radius 1 is 1.14 bits per heavy atom. The van der Waals surface area contributed by atoms with Gasteiger partial charge >= 0.3 is 5.97 Å². The minimum Gasteiger partial charge on any atom is -0.492 e. The molecule has 0 spiro atoms. The Balaban J connectivity index is 2.12. The van der Waals surface area contributed by atoms with Crippen molar-refractivity contribution in [2.45, 2.75) is 13.8 Å². The highest BCUT2D eigenvalue weighted by Gasteiger charge is 2.22. The van der Waals surface area contributed by atoms with Gasteiger partial charge in [-0.15, -0.1) is 0 Å². The number of fused-ring (bicyclic) bond motifs is 1. The largest absolute Gasteiger partial charge is 0.492 e. The van der Waals surface area contributed by atoms with Crippen LogP contribution in [-0.2, 0) is 4.74 Å². The second kappa shape index (κ2) is 8.96. The molecular weight excluding hydrogens is 467 g/mol. The zero-order chi connectivity index (χ0) is 20.3. The number of aromatic nitrogens is 1. The topological polar surface area (TPSA) is 43.7 Å². The first-order chi connectivity index (χ1) is 13.4. The van der Waals surface area contributed by atoms with Gasteiger partial charge in [0.2, 0.25) is 0 Å². The molecular formula is C22H25IN2O3. The van der Waals surface area contributed by atoms with Crippen LogP contribution < -0.4 is 4.74 Å². The molecule has 2 aromatic carbocycles. The Morgan fingerprint density at radius 3 is 2.50 bits per heavy atom. The van der Waals surface area contributed by atoms with Crippen LogP contribution >= 0.6 is 22.6 Å². The van der Waals surface area contributed by atoms with Gasteiger partial charge in [0.05, 0.1) is 17.7 Å². The summed E-state index contributed by atoms with van der Waals surface area (Å²) >= 11 is 2.29. The van der Waals surface area contributed by atoms with Crippen LogP contribution in [0.1, 0.15) is 23.0 Å². The Morgan fingerprint density at radius 2 is 1.86 bits per heavy atom. The lowest BCUT2D eigenvalue weighted by Gasteiger charge is -2.11. The summed E-state index contributed by atoms with van der Waals surface area (Å²) in [6, 6.07) is 14.1. The van der Waals surface area contributed by atoms with Crippen LogP contribution in [-0.4, -0.2) is 49.3 Å². The fourth-order valence-electron chi connectivity index (χ4n) is 3.22. The maximum absolute atomic E-state index is 12.7. The van der Waals surface area contributed by atoms with E-state index >= 15 is 0 Å². The van der Waals surface area contributed by atoms with Crippen molar-refractivity contribution in [2.75, 3.05) is 33.9 Å². The van der Waals surface area contributed by atoms with Crippen LogP contribution in [0.25, 0.3) is 16.6 Å². The summed E-state index contributed by atoms with van der Waals surface area (Å²) in [6.07, 6.45) is 0. The van der Waals surface area contributed by atoms with Crippen LogP contribution in [0.2, 0.25) is 0 Å². The maximum atomic E-state index is 12.7. The van der Waals surface area contributed by atoms with Crippen molar-refractivity contribution in [3.63, 3.8) is 0 Å². The number of ether oxygens (including phenoxy) is 2. The van der Waals surface area contributed by atoms with Crippen molar-refractivity contribution < 1.29 is 14.3 Å². The molecule has 0 saturated carbocycles. The van der Waals surface area contributed by atoms with Gasteiger partial charge in [0.1, 0.15) is 12.4 Å². The molecule has 0 N–H and O–H groups in total. The van der Waals surface area contributed by atoms with Gasteiger partial charge in [0, 0.05) is 26.9 Å². The first kappa shape index (κ1) is 20.7. The monoisotopic (exact) mass is 492 g/mol. The third-order valence-electron chi connectivity index (χ3n) is 4.55. The fourth-order valence-corrected chi connectivity index (χ4v) is 3.58. The van der Waals surface area contributed by atoms with E-state index in [9.17, 15) is 4.79 Å². The van der Waals surface area contributed by atoms with E-state index in [0.29, 0.717) is 18.8 Å². The first-order valence-electron chi connectivity index (χ1n) is 9.28. The smallest absolute Gasteiger partial charge is 0.340 e. The van der Waals surface area contributed by atoms with E-state index in [-0.39, 0.29) is 5.97 Å². The summed E-state index contributed by atoms with van der Waals surface area (Å²) in [5, 5.41) is 0.844. The Bertz CT molecular complexity index is 978. The molecule has 148 valence electrons. The Hall–Kier alpha value is -2.06. The summed E-state index contributed by atoms with van der Waals surface area (Å²) in [5.74, 6) is 0.444. The Kier molecular flexibility index (Phi) is 6.61. The van der Waals surface area contributed by atoms with Gasteiger partial charge in [-0.3, -0.25) is 0 Å². The van der Waals surface area contributed by atoms with Crippen molar-refractivity contribution in [2.24, 2.45) is 0 Å². The molecule has 0 amide bonds. The quantitative estimate of drug-likeness (QED) is 0.356. The number of carbonyl (C=O) groups excluding carboxylic acids is 1. The van der Waals surface area contributed by atoms with Crippen LogP contribution in [0.15, 0.2) is 42.5 Å². The van der Waals surface area contributed by atoms with Crippen molar-refractivity contribution >= 4 is 39.5 Å². The van der Waals surface area contributed by atoms with Crippen LogP contribution in [0.4, 0.5) is 0 Å². The molecule has 5 nitrogen and oxygen atoms in total. The molecule has 0 bridgehead atoms. The summed E-state index contributed by atoms with van der Waals surface area (Å²) in [6.45, 7) is 5.53. The zero-order valence-electron chi connectivity index (χ0n) is 16.7. The molecule has 0 unspecified atom stereocenters. The van der Waals surface area contributed by atoms with Crippen molar-refractivity contribution in [3.05, 3.63) is 57.3 Å². The maximum Gasteiger partial charge on any atom is 0.340 e. The molecule has 0 aliphatic heterocycles. The number of halogens is 1. The third-order valence-corrected chi connectivity index (χ3v) is 5.27. The van der Waals surface area contributed by atoms with Crippen molar-refractivity contribution in [3.8, 4) is 11.4 Å². The summed E-state index contributed by atoms with van der Waals surface area (Å²) in [4.78, 5) is 14.8. The normalized spacial score (nSPS) is 11.2. The van der Waals surface area contributed by atoms with Crippen LogP contribution in [0.5, 0.6) is 5.75 Å². The molecule has 0 saturated heterocycles. The number of likely N-dealkylation sites (N-methyl/N-ethyl adjacent to an activating group) is 1. The number of carbonyl (C=O) groups is 1. The molecule has 0 atom stereocenters. The van der Waals surface area contributed by atoms with E-state index in [0.717, 1.165) is 38.1 Å². The summed E-state index contributed by atoms with van der Waals surface area (Å²) < 4.78 is 14.5. The lowest BCUT2D eigenvalue weighted by Crippen LogP contribution is -2.19. The van der Waals surface area contributed by atoms with Gasteiger partial charge in [0.25, 0.3) is 0 Å². The Labute approximate surface area is 179 Å². The van der Waals surface area contributed by atoms with Gasteiger partial charge in [-0.1, -0.05) is 0 Å². The lowest BCUT2D eigenvalue weighted by atomic mass is 10.1. The number of hydrogen-bond acceptors (Lipinski definition) is 4. The number of hydrogen-bond donors (Lipinski definition) is 0. The van der Waals surface area contributed by atoms with Gasteiger partial charge in [-0.05, 0) is 93.0 Å². The minimum atomic E-state index is -0.306. The van der Waals surface area contributed by atoms with Gasteiger partial charge < -0.3 is 18.9 Å². The second-order valence-corrected chi connectivity index (χ2v) is 8.07. The van der Waals surface area contributed by atoms with Crippen LogP contribution in [0.3, 0.4) is 0 Å². The standard InChI is InChI=1S/C22H25IN2O3/c1-5-27-22(26)21-15(2)25(17-8-6-16(23)7-9-17)20-11-10-18(14-19(20)21)28-13-12-24(3)4/h6-11,14H,5,12-13H2,1-4H3. The predicted octanol–water partition coefficient (Wildman–Crippen LogP) is 4.66. The van der Waals surface area contributed by atoms with E-state index in [4.69, 9.17) is 9.47 Å². The zero-order valence-corrected chi connectivity index (χ0v) is 18.8. The van der Waals surface area contributed by atoms with Gasteiger partial charge in [-0.25, -0.2) is 4.79 Å². The third kappa shape index (κ3) is 4.33. The van der Waals surface area contributed by atoms with E-state index < -0.39 is 0 Å². The fraction of sp³-hybridized carbons (Fsp3) is 0.318. The number of esters is 1. The molecule has 3 rings (SSSR count). The highest BCUT2D eigenvalue weighted by molar-refractivity contribution is 14.1.